The lowest BCUT2D eigenvalue weighted by Crippen LogP contribution is -2.37. The van der Waals surface area contributed by atoms with Gasteiger partial charge in [0.2, 0.25) is 0 Å². The Balaban J connectivity index is 1.59. The number of aryl methyl sites for hydroxylation is 1. The van der Waals surface area contributed by atoms with Crippen LogP contribution in [0.1, 0.15) is 30.4 Å². The van der Waals surface area contributed by atoms with Crippen LogP contribution in [0.15, 0.2) is 35.3 Å². The summed E-state index contributed by atoms with van der Waals surface area (Å²) in [4.78, 5) is 14.1. The number of nitrogens with one attached hydrogen (secondary N) is 1. The van der Waals surface area contributed by atoms with Crippen molar-refractivity contribution < 1.29 is 0 Å². The molecule has 1 saturated heterocycles. The van der Waals surface area contributed by atoms with Gasteiger partial charge >= 0.3 is 0 Å². The van der Waals surface area contributed by atoms with Crippen molar-refractivity contribution in [2.75, 3.05) is 13.1 Å². The predicted molar refractivity (Wildman–Crippen MR) is 86.9 cm³/mol. The zero-order chi connectivity index (χ0) is 14.9. The van der Waals surface area contributed by atoms with Gasteiger partial charge in [-0.3, -0.25) is 4.79 Å². The highest BCUT2D eigenvalue weighted by Gasteiger charge is 2.26. The van der Waals surface area contributed by atoms with E-state index >= 15 is 0 Å². The molecule has 2 heterocycles. The van der Waals surface area contributed by atoms with Crippen molar-refractivity contribution in [2.45, 2.75) is 38.1 Å². The molecule has 0 saturated carbocycles. The molecule has 1 N–H and O–H groups in total. The lowest BCUT2D eigenvalue weighted by Gasteiger charge is -2.32. The smallest absolute Gasteiger partial charge is 0.264 e. The van der Waals surface area contributed by atoms with Gasteiger partial charge in [-0.1, -0.05) is 18.2 Å². The summed E-state index contributed by atoms with van der Waals surface area (Å²) in [6.45, 7) is 2.55. The summed E-state index contributed by atoms with van der Waals surface area (Å²) in [5, 5.41) is 6.32. The number of aromatic nitrogens is 2. The number of nitrogens with zero attached hydrogens (tertiary/aromatic N) is 2. The summed E-state index contributed by atoms with van der Waals surface area (Å²) in [7, 11) is 0. The summed E-state index contributed by atoms with van der Waals surface area (Å²) in [5.41, 5.74) is 4.76. The van der Waals surface area contributed by atoms with E-state index in [-0.39, 0.29) is 5.56 Å². The van der Waals surface area contributed by atoms with Crippen molar-refractivity contribution in [3.05, 3.63) is 51.9 Å². The van der Waals surface area contributed by atoms with Crippen LogP contribution in [-0.2, 0) is 12.8 Å². The Morgan fingerprint density at radius 1 is 1.09 bits per heavy atom. The molecule has 4 nitrogen and oxygen atoms in total. The van der Waals surface area contributed by atoms with E-state index in [0.29, 0.717) is 0 Å². The maximum atomic E-state index is 11.4. The van der Waals surface area contributed by atoms with Crippen LogP contribution in [-0.4, -0.2) is 34.2 Å². The third-order valence-electron chi connectivity index (χ3n) is 5.06. The van der Waals surface area contributed by atoms with Crippen molar-refractivity contribution in [1.82, 2.24) is 15.1 Å². The quantitative estimate of drug-likeness (QED) is 0.925. The van der Waals surface area contributed by atoms with Crippen LogP contribution in [0, 0.1) is 0 Å². The fourth-order valence-corrected chi connectivity index (χ4v) is 3.87. The molecule has 1 aliphatic carbocycles. The molecule has 1 unspecified atom stereocenters. The van der Waals surface area contributed by atoms with E-state index in [4.69, 9.17) is 0 Å². The SMILES string of the molecule is O=c1cc(-c2ccc3c(c2)CCC(N2CCCC2)C3)cn[nH]1. The second-order valence-electron chi connectivity index (χ2n) is 6.46. The van der Waals surface area contributed by atoms with Gasteiger partial charge in [-0.05, 0) is 61.9 Å². The van der Waals surface area contributed by atoms with Crippen molar-refractivity contribution in [3.63, 3.8) is 0 Å². The number of aromatic amines is 1. The Morgan fingerprint density at radius 3 is 2.77 bits per heavy atom. The minimum absolute atomic E-state index is 0.149. The molecule has 4 heteroatoms. The molecule has 0 radical (unpaired) electrons. The molecule has 0 amide bonds. The molecule has 1 fully saturated rings. The van der Waals surface area contributed by atoms with Crippen molar-refractivity contribution in [3.8, 4) is 11.1 Å². The molecule has 0 spiro atoms. The van der Waals surface area contributed by atoms with Gasteiger partial charge in [0.25, 0.3) is 5.56 Å². The average Bonchev–Trinajstić information content (AvgIpc) is 3.08. The van der Waals surface area contributed by atoms with Crippen LogP contribution < -0.4 is 5.56 Å². The van der Waals surface area contributed by atoms with Crippen LogP contribution in [0.2, 0.25) is 0 Å². The molecule has 4 rings (SSSR count). The first-order valence-electron chi connectivity index (χ1n) is 8.20. The second kappa shape index (κ2) is 5.69. The largest absolute Gasteiger partial charge is 0.300 e. The van der Waals surface area contributed by atoms with E-state index in [2.05, 4.69) is 33.3 Å². The lowest BCUT2D eigenvalue weighted by molar-refractivity contribution is 0.222. The van der Waals surface area contributed by atoms with Crippen LogP contribution in [0.25, 0.3) is 11.1 Å². The zero-order valence-corrected chi connectivity index (χ0v) is 12.7. The van der Waals surface area contributed by atoms with Crippen molar-refractivity contribution in [2.24, 2.45) is 0 Å². The fraction of sp³-hybridized carbons (Fsp3) is 0.444. The van der Waals surface area contributed by atoms with Crippen molar-refractivity contribution in [1.29, 1.82) is 0 Å². The molecular weight excluding hydrogens is 274 g/mol. The van der Waals surface area contributed by atoms with Gasteiger partial charge in [0.05, 0.1) is 6.20 Å². The highest BCUT2D eigenvalue weighted by molar-refractivity contribution is 5.63. The average molecular weight is 295 g/mol. The normalized spacial score (nSPS) is 21.7. The van der Waals surface area contributed by atoms with E-state index in [9.17, 15) is 4.79 Å². The summed E-state index contributed by atoms with van der Waals surface area (Å²) < 4.78 is 0. The van der Waals surface area contributed by atoms with Crippen LogP contribution >= 0.6 is 0 Å². The van der Waals surface area contributed by atoms with Gasteiger partial charge in [-0.15, -0.1) is 0 Å². The van der Waals surface area contributed by atoms with Gasteiger partial charge in [-0.2, -0.15) is 5.10 Å². The Morgan fingerprint density at radius 2 is 1.95 bits per heavy atom. The van der Waals surface area contributed by atoms with Crippen LogP contribution in [0.3, 0.4) is 0 Å². The van der Waals surface area contributed by atoms with Crippen LogP contribution in [0.4, 0.5) is 0 Å². The minimum atomic E-state index is -0.149. The summed E-state index contributed by atoms with van der Waals surface area (Å²) in [5.74, 6) is 0. The first-order chi connectivity index (χ1) is 10.8. The van der Waals surface area contributed by atoms with Gasteiger partial charge in [-0.25, -0.2) is 5.10 Å². The molecular formula is C18H21N3O. The van der Waals surface area contributed by atoms with Gasteiger partial charge < -0.3 is 4.90 Å². The number of fused-ring (bicyclic) bond motifs is 1. The number of benzene rings is 1. The first kappa shape index (κ1) is 13.7. The molecule has 2 aliphatic rings. The third-order valence-corrected chi connectivity index (χ3v) is 5.06. The van der Waals surface area contributed by atoms with E-state index in [1.807, 2.05) is 0 Å². The molecule has 2 aromatic rings. The predicted octanol–water partition coefficient (Wildman–Crippen LogP) is 2.39. The topological polar surface area (TPSA) is 49.0 Å². The standard InChI is InChI=1S/C18H21N3O/c22-18-11-16(12-19-20-18)14-3-4-15-10-17(6-5-13(15)9-14)21-7-1-2-8-21/h3-4,9,11-12,17H,1-2,5-8,10H2,(H,20,22). The first-order valence-corrected chi connectivity index (χ1v) is 8.20. The fourth-order valence-electron chi connectivity index (χ4n) is 3.87. The Labute approximate surface area is 130 Å². The van der Waals surface area contributed by atoms with E-state index in [1.165, 1.54) is 49.9 Å². The number of H-pyrrole nitrogens is 1. The molecule has 1 aromatic carbocycles. The van der Waals surface area contributed by atoms with Crippen molar-refractivity contribution >= 4 is 0 Å². The number of hydrogen-bond acceptors (Lipinski definition) is 3. The lowest BCUT2D eigenvalue weighted by atomic mass is 9.86. The Bertz CT molecular complexity index is 731. The third kappa shape index (κ3) is 2.59. The maximum Gasteiger partial charge on any atom is 0.264 e. The van der Waals surface area contributed by atoms with E-state index in [1.54, 1.807) is 12.3 Å². The number of hydrogen-bond donors (Lipinski definition) is 1. The highest BCUT2D eigenvalue weighted by Crippen LogP contribution is 2.29. The van der Waals surface area contributed by atoms with E-state index < -0.39 is 0 Å². The maximum absolute atomic E-state index is 11.4. The van der Waals surface area contributed by atoms with Gasteiger partial charge in [0, 0.05) is 17.7 Å². The molecule has 0 bridgehead atoms. The Kier molecular flexibility index (Phi) is 3.54. The number of rotatable bonds is 2. The number of likely N-dealkylation sites (tertiary alicyclic amines) is 1. The molecule has 114 valence electrons. The minimum Gasteiger partial charge on any atom is -0.300 e. The Hall–Kier alpha value is -1.94. The molecule has 1 atom stereocenters. The zero-order valence-electron chi connectivity index (χ0n) is 12.7. The van der Waals surface area contributed by atoms with Gasteiger partial charge in [0.1, 0.15) is 0 Å². The summed E-state index contributed by atoms with van der Waals surface area (Å²) >= 11 is 0. The summed E-state index contributed by atoms with van der Waals surface area (Å²) in [6.07, 6.45) is 8.00. The molecule has 22 heavy (non-hydrogen) atoms. The van der Waals surface area contributed by atoms with E-state index in [0.717, 1.165) is 23.6 Å². The second-order valence-corrected chi connectivity index (χ2v) is 6.46. The molecule has 1 aliphatic heterocycles. The van der Waals surface area contributed by atoms with Crippen LogP contribution in [0.5, 0.6) is 0 Å². The highest BCUT2D eigenvalue weighted by atomic mass is 16.1. The molecule has 1 aromatic heterocycles. The van der Waals surface area contributed by atoms with Gasteiger partial charge in [0.15, 0.2) is 0 Å². The summed E-state index contributed by atoms with van der Waals surface area (Å²) in [6, 6.07) is 8.95. The monoisotopic (exact) mass is 295 g/mol.